The third-order valence-electron chi connectivity index (χ3n) is 3.81. The zero-order valence-electron chi connectivity index (χ0n) is 12.3. The Labute approximate surface area is 125 Å². The lowest BCUT2D eigenvalue weighted by Gasteiger charge is -2.27. The maximum atomic E-state index is 12.5. The Hall–Kier alpha value is -2.29. The highest BCUT2D eigenvalue weighted by Crippen LogP contribution is 2.36. The largest absolute Gasteiger partial charge is 0.508 e. The van der Waals surface area contributed by atoms with Gasteiger partial charge in [0.25, 0.3) is 0 Å². The zero-order chi connectivity index (χ0) is 15.2. The van der Waals surface area contributed by atoms with E-state index in [4.69, 9.17) is 0 Å². The molecule has 2 rings (SSSR count). The van der Waals surface area contributed by atoms with Gasteiger partial charge in [-0.05, 0) is 55.5 Å². The summed E-state index contributed by atoms with van der Waals surface area (Å²) in [5.74, 6) is -0.0651. The molecule has 1 aliphatic carbocycles. The molecule has 1 atom stereocenters. The number of hydrogen-bond donors (Lipinski definition) is 2. The van der Waals surface area contributed by atoms with E-state index < -0.39 is 0 Å². The monoisotopic (exact) mass is 283 g/mol. The fourth-order valence-electron chi connectivity index (χ4n) is 2.79. The third kappa shape index (κ3) is 3.43. The lowest BCUT2D eigenvalue weighted by molar-refractivity contribution is -0.119. The minimum absolute atomic E-state index is 0.0247. The lowest BCUT2D eigenvalue weighted by Crippen LogP contribution is -2.28. The molecule has 110 valence electrons. The number of benzene rings is 1. The second-order valence-corrected chi connectivity index (χ2v) is 5.11. The number of allylic oxidation sites excluding steroid dienone is 3. The molecule has 0 aliphatic heterocycles. The predicted molar refractivity (Wildman–Crippen MR) is 86.0 cm³/mol. The average Bonchev–Trinajstić information content (AvgIpc) is 2.54. The average molecular weight is 283 g/mol. The van der Waals surface area contributed by atoms with Crippen LogP contribution in [0.15, 0.2) is 66.0 Å². The maximum Gasteiger partial charge on any atom is 0.231 e. The van der Waals surface area contributed by atoms with Crippen LogP contribution in [0.1, 0.15) is 26.2 Å². The Balaban J connectivity index is 2.22. The number of aliphatic hydroxyl groups is 1. The molecular weight excluding hydrogens is 262 g/mol. The Bertz CT molecular complexity index is 584. The molecule has 1 amide bonds. The molecule has 1 saturated carbocycles. The number of hydrogen-bond acceptors (Lipinski definition) is 2. The van der Waals surface area contributed by atoms with Crippen LogP contribution in [0, 0.1) is 5.92 Å². The second kappa shape index (κ2) is 6.93. The molecule has 0 heterocycles. The van der Waals surface area contributed by atoms with Crippen LogP contribution in [0.4, 0.5) is 5.69 Å². The van der Waals surface area contributed by atoms with Gasteiger partial charge in [-0.25, -0.2) is 0 Å². The number of aliphatic hydroxyl groups excluding tert-OH is 1. The summed E-state index contributed by atoms with van der Waals surface area (Å²) >= 11 is 0. The summed E-state index contributed by atoms with van der Waals surface area (Å²) in [7, 11) is 0. The first-order valence-corrected chi connectivity index (χ1v) is 7.24. The summed E-state index contributed by atoms with van der Waals surface area (Å²) in [6.07, 6.45) is 5.83. The molecule has 21 heavy (non-hydrogen) atoms. The second-order valence-electron chi connectivity index (χ2n) is 5.11. The molecule has 0 aromatic heterocycles. The first kappa shape index (κ1) is 15.1. The number of carbonyl (C=O) groups excluding carboxylic acids is 1. The number of rotatable bonds is 3. The Morgan fingerprint density at radius 3 is 2.71 bits per heavy atom. The van der Waals surface area contributed by atoms with E-state index in [0.29, 0.717) is 0 Å². The summed E-state index contributed by atoms with van der Waals surface area (Å²) in [4.78, 5) is 12.5. The summed E-state index contributed by atoms with van der Waals surface area (Å²) in [5, 5.41) is 12.9. The minimum Gasteiger partial charge on any atom is -0.508 e. The van der Waals surface area contributed by atoms with Crippen LogP contribution < -0.4 is 5.32 Å². The van der Waals surface area contributed by atoms with Gasteiger partial charge in [0.2, 0.25) is 5.91 Å². The smallest absolute Gasteiger partial charge is 0.231 e. The Morgan fingerprint density at radius 2 is 2.10 bits per heavy atom. The van der Waals surface area contributed by atoms with E-state index in [-0.39, 0.29) is 17.6 Å². The van der Waals surface area contributed by atoms with Crippen molar-refractivity contribution in [2.75, 3.05) is 5.32 Å². The van der Waals surface area contributed by atoms with Gasteiger partial charge in [-0.1, -0.05) is 30.9 Å². The van der Waals surface area contributed by atoms with Gasteiger partial charge in [-0.3, -0.25) is 4.79 Å². The van der Waals surface area contributed by atoms with E-state index in [2.05, 4.69) is 11.9 Å². The quantitative estimate of drug-likeness (QED) is 0.809. The SMILES string of the molecule is C=C/C(O)=C1/CCCC(C(=O)Nc2ccccc2)/C1=C/C. The van der Waals surface area contributed by atoms with Crippen molar-refractivity contribution in [3.05, 3.63) is 66.0 Å². The molecule has 2 N–H and O–H groups in total. The van der Waals surface area contributed by atoms with Crippen molar-refractivity contribution >= 4 is 11.6 Å². The van der Waals surface area contributed by atoms with E-state index in [1.165, 1.54) is 6.08 Å². The Kier molecular flexibility index (Phi) is 4.99. The zero-order valence-corrected chi connectivity index (χ0v) is 12.3. The summed E-state index contributed by atoms with van der Waals surface area (Å²) in [5.41, 5.74) is 2.54. The van der Waals surface area contributed by atoms with Crippen LogP contribution in [0.3, 0.4) is 0 Å². The van der Waals surface area contributed by atoms with Gasteiger partial charge in [0, 0.05) is 5.69 Å². The number of nitrogens with one attached hydrogen (secondary N) is 1. The van der Waals surface area contributed by atoms with Crippen molar-refractivity contribution in [3.8, 4) is 0 Å². The van der Waals surface area contributed by atoms with Crippen molar-refractivity contribution in [3.63, 3.8) is 0 Å². The van der Waals surface area contributed by atoms with Gasteiger partial charge in [-0.2, -0.15) is 0 Å². The molecule has 3 nitrogen and oxygen atoms in total. The van der Waals surface area contributed by atoms with E-state index in [1.54, 1.807) is 0 Å². The Morgan fingerprint density at radius 1 is 1.38 bits per heavy atom. The normalized spacial score (nSPS) is 22.7. The van der Waals surface area contributed by atoms with Gasteiger partial charge < -0.3 is 10.4 Å². The topological polar surface area (TPSA) is 49.3 Å². The highest BCUT2D eigenvalue weighted by atomic mass is 16.3. The van der Waals surface area contributed by atoms with Gasteiger partial charge >= 0.3 is 0 Å². The van der Waals surface area contributed by atoms with Gasteiger partial charge in [0.15, 0.2) is 0 Å². The molecule has 1 aromatic carbocycles. The van der Waals surface area contributed by atoms with E-state index in [9.17, 15) is 9.90 Å². The summed E-state index contributed by atoms with van der Waals surface area (Å²) in [6.45, 7) is 5.51. The third-order valence-corrected chi connectivity index (χ3v) is 3.81. The first-order valence-electron chi connectivity index (χ1n) is 7.24. The molecule has 0 bridgehead atoms. The van der Waals surface area contributed by atoms with Gasteiger partial charge in [0.1, 0.15) is 5.76 Å². The van der Waals surface area contributed by atoms with Gasteiger partial charge in [0.05, 0.1) is 5.92 Å². The molecule has 1 aromatic rings. The first-order chi connectivity index (χ1) is 10.2. The molecule has 0 saturated heterocycles. The predicted octanol–water partition coefficient (Wildman–Crippen LogP) is 4.37. The van der Waals surface area contributed by atoms with Crippen molar-refractivity contribution in [2.45, 2.75) is 26.2 Å². The maximum absolute atomic E-state index is 12.5. The van der Waals surface area contributed by atoms with Crippen molar-refractivity contribution in [1.29, 1.82) is 0 Å². The highest BCUT2D eigenvalue weighted by molar-refractivity contribution is 5.95. The minimum atomic E-state index is -0.221. The molecule has 1 unspecified atom stereocenters. The number of amides is 1. The molecular formula is C18H21NO2. The lowest BCUT2D eigenvalue weighted by atomic mass is 9.79. The van der Waals surface area contributed by atoms with Crippen LogP contribution >= 0.6 is 0 Å². The van der Waals surface area contributed by atoms with Crippen LogP contribution in [0.5, 0.6) is 0 Å². The number of para-hydroxylation sites is 1. The summed E-state index contributed by atoms with van der Waals surface area (Å²) in [6, 6.07) is 9.43. The molecule has 0 spiro atoms. The standard InChI is InChI=1S/C18H21NO2/c1-3-14-15(17(20)4-2)11-8-12-16(14)18(21)19-13-9-6-5-7-10-13/h3-7,9-10,16,20H,2,8,11-12H2,1H3,(H,19,21)/b14-3+,17-15+. The van der Waals surface area contributed by atoms with E-state index >= 15 is 0 Å². The van der Waals surface area contributed by atoms with Crippen LogP contribution in [-0.2, 0) is 4.79 Å². The van der Waals surface area contributed by atoms with Crippen LogP contribution in [-0.4, -0.2) is 11.0 Å². The number of anilines is 1. The van der Waals surface area contributed by atoms with Crippen LogP contribution in [0.25, 0.3) is 0 Å². The highest BCUT2D eigenvalue weighted by Gasteiger charge is 2.29. The number of carbonyl (C=O) groups is 1. The fraction of sp³-hybridized carbons (Fsp3) is 0.278. The van der Waals surface area contributed by atoms with Gasteiger partial charge in [-0.15, -0.1) is 0 Å². The summed E-state index contributed by atoms with van der Waals surface area (Å²) < 4.78 is 0. The molecule has 1 fully saturated rings. The fourth-order valence-corrected chi connectivity index (χ4v) is 2.79. The molecule has 0 radical (unpaired) electrons. The molecule has 1 aliphatic rings. The van der Waals surface area contributed by atoms with Crippen LogP contribution in [0.2, 0.25) is 0 Å². The van der Waals surface area contributed by atoms with Crippen molar-refractivity contribution < 1.29 is 9.90 Å². The van der Waals surface area contributed by atoms with Crippen molar-refractivity contribution in [1.82, 2.24) is 0 Å². The van der Waals surface area contributed by atoms with E-state index in [0.717, 1.165) is 36.1 Å². The van der Waals surface area contributed by atoms with Crippen molar-refractivity contribution in [2.24, 2.45) is 5.92 Å². The molecule has 3 heteroatoms. The van der Waals surface area contributed by atoms with E-state index in [1.807, 2.05) is 43.3 Å².